The summed E-state index contributed by atoms with van der Waals surface area (Å²) in [7, 11) is 0. The molecule has 1 aromatic heterocycles. The maximum atomic E-state index is 5.78. The highest BCUT2D eigenvalue weighted by molar-refractivity contribution is 7.09. The lowest BCUT2D eigenvalue weighted by Gasteiger charge is -2.24. The molecule has 0 saturated heterocycles. The molecule has 75 valence electrons. The number of hydrogen-bond donors (Lipinski definition) is 0. The summed E-state index contributed by atoms with van der Waals surface area (Å²) in [5, 5.41) is 2.73. The Bertz CT molecular complexity index is 455. The first-order chi connectivity index (χ1) is 7.43. The number of ether oxygens (including phenoxy) is 2. The molecule has 0 aliphatic carbocycles. The second kappa shape index (κ2) is 3.55. The summed E-state index contributed by atoms with van der Waals surface area (Å²) >= 11 is 1.53. The van der Waals surface area contributed by atoms with Crippen LogP contribution in [0.5, 0.6) is 11.5 Å². The summed E-state index contributed by atoms with van der Waals surface area (Å²) < 4.78 is 11.4. The fraction of sp³-hybridized carbons (Fsp3) is 0.182. The normalized spacial score (nSPS) is 18.8. The number of para-hydroxylation sites is 2. The third-order valence-electron chi connectivity index (χ3n) is 2.19. The second-order valence-corrected chi connectivity index (χ2v) is 4.07. The van der Waals surface area contributed by atoms with Gasteiger partial charge in [0.1, 0.15) is 17.8 Å². The summed E-state index contributed by atoms with van der Waals surface area (Å²) in [6.07, 6.45) is 2.68. The van der Waals surface area contributed by atoms with Crippen LogP contribution >= 0.6 is 11.3 Å². The topological polar surface area (TPSA) is 31.4 Å². The maximum absolute atomic E-state index is 5.78. The highest BCUT2D eigenvalue weighted by Crippen LogP contribution is 2.36. The van der Waals surface area contributed by atoms with Crippen LogP contribution in [0, 0.1) is 6.20 Å². The van der Waals surface area contributed by atoms with E-state index in [1.165, 1.54) is 11.3 Å². The quantitative estimate of drug-likeness (QED) is 0.736. The molecular weight excluding hydrogens is 210 g/mol. The van der Waals surface area contributed by atoms with Crippen molar-refractivity contribution in [1.82, 2.24) is 4.98 Å². The average Bonchev–Trinajstić information content (AvgIpc) is 2.82. The highest BCUT2D eigenvalue weighted by Gasteiger charge is 2.23. The lowest BCUT2D eigenvalue weighted by Crippen LogP contribution is -2.21. The molecule has 1 aliphatic heterocycles. The van der Waals surface area contributed by atoms with E-state index in [1.54, 1.807) is 0 Å². The van der Waals surface area contributed by atoms with E-state index >= 15 is 0 Å². The fourth-order valence-electron chi connectivity index (χ4n) is 1.49. The van der Waals surface area contributed by atoms with Gasteiger partial charge in [0, 0.05) is 5.38 Å². The van der Waals surface area contributed by atoms with Gasteiger partial charge in [-0.05, 0) is 12.1 Å². The van der Waals surface area contributed by atoms with E-state index in [1.807, 2.05) is 29.6 Å². The van der Waals surface area contributed by atoms with Gasteiger partial charge in [0.2, 0.25) is 0 Å². The maximum Gasteiger partial charge on any atom is 0.184 e. The van der Waals surface area contributed by atoms with Crippen LogP contribution in [0.4, 0.5) is 0 Å². The Labute approximate surface area is 91.3 Å². The van der Waals surface area contributed by atoms with Gasteiger partial charge >= 0.3 is 0 Å². The molecule has 0 spiro atoms. The Morgan fingerprint density at radius 3 is 3.00 bits per heavy atom. The molecule has 15 heavy (non-hydrogen) atoms. The number of rotatable bonds is 1. The van der Waals surface area contributed by atoms with Gasteiger partial charge in [-0.25, -0.2) is 4.98 Å². The lowest BCUT2D eigenvalue weighted by atomic mass is 10.3. The van der Waals surface area contributed by atoms with E-state index in [-0.39, 0.29) is 6.10 Å². The SMILES string of the molecule is [c]1csc(C2COc3ccccc3O2)n1. The van der Waals surface area contributed by atoms with Crippen LogP contribution < -0.4 is 9.47 Å². The first kappa shape index (κ1) is 8.73. The number of aromatic nitrogens is 1. The minimum Gasteiger partial charge on any atom is -0.485 e. The molecule has 0 fully saturated rings. The molecule has 1 unspecified atom stereocenters. The Kier molecular flexibility index (Phi) is 2.07. The predicted molar refractivity (Wildman–Crippen MR) is 56.3 cm³/mol. The number of thiazole rings is 1. The monoisotopic (exact) mass is 218 g/mol. The third kappa shape index (κ3) is 1.57. The first-order valence-electron chi connectivity index (χ1n) is 4.63. The van der Waals surface area contributed by atoms with Gasteiger partial charge in [-0.3, -0.25) is 0 Å². The summed E-state index contributed by atoms with van der Waals surface area (Å²) in [4.78, 5) is 4.10. The van der Waals surface area contributed by atoms with Crippen molar-refractivity contribution in [2.24, 2.45) is 0 Å². The molecule has 1 aliphatic rings. The van der Waals surface area contributed by atoms with Crippen molar-refractivity contribution in [1.29, 1.82) is 0 Å². The Morgan fingerprint density at radius 1 is 1.33 bits per heavy atom. The van der Waals surface area contributed by atoms with Crippen LogP contribution in [0.15, 0.2) is 29.6 Å². The fourth-order valence-corrected chi connectivity index (χ4v) is 2.09. The Hall–Kier alpha value is -1.55. The molecule has 0 amide bonds. The molecule has 3 rings (SSSR count). The zero-order valence-corrected chi connectivity index (χ0v) is 8.66. The summed E-state index contributed by atoms with van der Waals surface area (Å²) in [6, 6.07) is 7.66. The van der Waals surface area contributed by atoms with Crippen molar-refractivity contribution in [2.75, 3.05) is 6.61 Å². The molecule has 0 bridgehead atoms. The molecule has 3 nitrogen and oxygen atoms in total. The molecule has 4 heteroatoms. The summed E-state index contributed by atoms with van der Waals surface area (Å²) in [6.45, 7) is 0.512. The largest absolute Gasteiger partial charge is 0.485 e. The van der Waals surface area contributed by atoms with Gasteiger partial charge in [0.25, 0.3) is 0 Å². The van der Waals surface area contributed by atoms with Gasteiger partial charge in [-0.15, -0.1) is 11.3 Å². The van der Waals surface area contributed by atoms with E-state index in [9.17, 15) is 0 Å². The van der Waals surface area contributed by atoms with E-state index in [0.717, 1.165) is 16.5 Å². The van der Waals surface area contributed by atoms with Gasteiger partial charge in [0.05, 0.1) is 0 Å². The number of benzene rings is 1. The van der Waals surface area contributed by atoms with Gasteiger partial charge in [-0.2, -0.15) is 0 Å². The average molecular weight is 218 g/mol. The summed E-state index contributed by atoms with van der Waals surface area (Å²) in [5.41, 5.74) is 0. The first-order valence-corrected chi connectivity index (χ1v) is 5.51. The highest BCUT2D eigenvalue weighted by atomic mass is 32.1. The molecular formula is C11H8NO2S. The van der Waals surface area contributed by atoms with Gasteiger partial charge < -0.3 is 9.47 Å². The number of fused-ring (bicyclic) bond motifs is 1. The Morgan fingerprint density at radius 2 is 2.20 bits per heavy atom. The zero-order chi connectivity index (χ0) is 10.1. The Balaban J connectivity index is 1.89. The molecule has 2 heterocycles. The van der Waals surface area contributed by atoms with Gasteiger partial charge in [0.15, 0.2) is 17.6 Å². The standard InChI is InChI=1S/C11H8NO2S/c1-2-4-9-8(3-1)13-7-10(14-9)11-12-5-6-15-11/h1-4,6,10H,7H2. The van der Waals surface area contributed by atoms with Crippen LogP contribution in [-0.2, 0) is 0 Å². The van der Waals surface area contributed by atoms with E-state index in [4.69, 9.17) is 9.47 Å². The van der Waals surface area contributed by atoms with Crippen molar-refractivity contribution in [2.45, 2.75) is 6.10 Å². The number of hydrogen-bond acceptors (Lipinski definition) is 4. The third-order valence-corrected chi connectivity index (χ3v) is 3.01. The molecule has 2 aromatic rings. The van der Waals surface area contributed by atoms with E-state index < -0.39 is 0 Å². The van der Waals surface area contributed by atoms with Crippen LogP contribution in [0.3, 0.4) is 0 Å². The van der Waals surface area contributed by atoms with Crippen LogP contribution in [0.2, 0.25) is 0 Å². The van der Waals surface area contributed by atoms with Crippen LogP contribution in [0.1, 0.15) is 11.1 Å². The van der Waals surface area contributed by atoms with Gasteiger partial charge in [-0.1, -0.05) is 12.1 Å². The minimum atomic E-state index is -0.101. The second-order valence-electron chi connectivity index (χ2n) is 3.18. The van der Waals surface area contributed by atoms with Crippen molar-refractivity contribution < 1.29 is 9.47 Å². The molecule has 0 saturated carbocycles. The molecule has 1 radical (unpaired) electrons. The van der Waals surface area contributed by atoms with Crippen molar-refractivity contribution in [3.63, 3.8) is 0 Å². The van der Waals surface area contributed by atoms with E-state index in [2.05, 4.69) is 11.2 Å². The molecule has 0 N–H and O–H groups in total. The minimum absolute atomic E-state index is 0.101. The van der Waals surface area contributed by atoms with E-state index in [0.29, 0.717) is 6.61 Å². The van der Waals surface area contributed by atoms with Crippen LogP contribution in [-0.4, -0.2) is 11.6 Å². The number of nitrogens with zero attached hydrogens (tertiary/aromatic N) is 1. The zero-order valence-electron chi connectivity index (χ0n) is 7.84. The van der Waals surface area contributed by atoms with Crippen molar-refractivity contribution >= 4 is 11.3 Å². The van der Waals surface area contributed by atoms with Crippen LogP contribution in [0.25, 0.3) is 0 Å². The summed E-state index contributed by atoms with van der Waals surface area (Å²) in [5.74, 6) is 1.58. The smallest absolute Gasteiger partial charge is 0.184 e. The lowest BCUT2D eigenvalue weighted by molar-refractivity contribution is 0.0910. The van der Waals surface area contributed by atoms with Crippen molar-refractivity contribution in [3.8, 4) is 11.5 Å². The molecule has 1 aromatic carbocycles. The predicted octanol–water partition coefficient (Wildman–Crippen LogP) is 2.46. The van der Waals surface area contributed by atoms with Crippen molar-refractivity contribution in [3.05, 3.63) is 40.8 Å². The molecule has 1 atom stereocenters.